The molecule has 0 aromatic rings. The van der Waals surface area contributed by atoms with E-state index in [1.165, 1.54) is 32.1 Å². The number of hydrogen-bond acceptors (Lipinski definition) is 3. The number of rotatable bonds is 3. The summed E-state index contributed by atoms with van der Waals surface area (Å²) in [5.41, 5.74) is 0. The third kappa shape index (κ3) is 2.80. The van der Waals surface area contributed by atoms with Crippen molar-refractivity contribution in [2.75, 3.05) is 7.05 Å². The van der Waals surface area contributed by atoms with Crippen molar-refractivity contribution >= 4 is 17.6 Å². The highest BCUT2D eigenvalue weighted by atomic mass is 35.5. The molecule has 2 unspecified atom stereocenters. The number of piperidine rings is 1. The third-order valence-corrected chi connectivity index (χ3v) is 7.14. The molecule has 0 aromatic carbocycles. The molecule has 4 atom stereocenters. The van der Waals surface area contributed by atoms with Gasteiger partial charge in [0.2, 0.25) is 0 Å². The summed E-state index contributed by atoms with van der Waals surface area (Å²) >= 11 is 6.29. The average molecular weight is 326 g/mol. The van der Waals surface area contributed by atoms with Crippen molar-refractivity contribution < 1.29 is 9.53 Å². The van der Waals surface area contributed by atoms with E-state index >= 15 is 0 Å². The van der Waals surface area contributed by atoms with Crippen LogP contribution in [0.4, 0.5) is 0 Å². The van der Waals surface area contributed by atoms with Gasteiger partial charge in [-0.25, -0.2) is 0 Å². The van der Waals surface area contributed by atoms with Gasteiger partial charge in [0.05, 0.1) is 5.92 Å². The number of hydrogen-bond donors (Lipinski definition) is 0. The van der Waals surface area contributed by atoms with Gasteiger partial charge < -0.3 is 4.74 Å². The first-order chi connectivity index (χ1) is 10.6. The van der Waals surface area contributed by atoms with Crippen LogP contribution in [0.2, 0.25) is 0 Å². The molecule has 3 nitrogen and oxygen atoms in total. The lowest BCUT2D eigenvalue weighted by Gasteiger charge is -2.46. The second kappa shape index (κ2) is 5.98. The van der Waals surface area contributed by atoms with Gasteiger partial charge in [-0.1, -0.05) is 0 Å². The molecule has 4 aliphatic rings. The van der Waals surface area contributed by atoms with Gasteiger partial charge in [-0.3, -0.25) is 9.69 Å². The number of carbonyl (C=O) groups is 1. The van der Waals surface area contributed by atoms with Crippen molar-refractivity contribution in [3.8, 4) is 0 Å². The molecule has 4 heteroatoms. The molecular formula is C18H28ClNO2. The Balaban J connectivity index is 1.52. The van der Waals surface area contributed by atoms with Crippen molar-refractivity contribution in [1.82, 2.24) is 4.90 Å². The van der Waals surface area contributed by atoms with Crippen molar-refractivity contribution in [2.45, 2.75) is 81.4 Å². The molecule has 2 bridgehead atoms. The summed E-state index contributed by atoms with van der Waals surface area (Å²) in [4.78, 5) is 15.3. The van der Waals surface area contributed by atoms with E-state index in [4.69, 9.17) is 16.3 Å². The SMILES string of the molecule is CN1C2CC[C@@H]1C[C@H](C1CCC(Cl)CC1)C2C(=O)OC1CC1. The van der Waals surface area contributed by atoms with Crippen molar-refractivity contribution in [2.24, 2.45) is 17.8 Å². The smallest absolute Gasteiger partial charge is 0.311 e. The molecule has 0 radical (unpaired) electrons. The van der Waals surface area contributed by atoms with Crippen LogP contribution in [0.15, 0.2) is 0 Å². The number of nitrogens with zero attached hydrogens (tertiary/aromatic N) is 1. The zero-order valence-corrected chi connectivity index (χ0v) is 14.3. The number of fused-ring (bicyclic) bond motifs is 2. The first kappa shape index (κ1) is 15.3. The summed E-state index contributed by atoms with van der Waals surface area (Å²) in [5.74, 6) is 1.44. The van der Waals surface area contributed by atoms with Crippen LogP contribution in [0.25, 0.3) is 0 Å². The Morgan fingerprint density at radius 2 is 1.77 bits per heavy atom. The van der Waals surface area contributed by atoms with Crippen LogP contribution in [-0.4, -0.2) is 41.5 Å². The molecule has 2 aliphatic carbocycles. The zero-order valence-electron chi connectivity index (χ0n) is 13.5. The Kier molecular flexibility index (Phi) is 4.14. The number of esters is 1. The Morgan fingerprint density at radius 3 is 2.45 bits per heavy atom. The van der Waals surface area contributed by atoms with Gasteiger partial charge in [0.15, 0.2) is 0 Å². The summed E-state index contributed by atoms with van der Waals surface area (Å²) in [6, 6.07) is 1.11. The molecule has 2 aliphatic heterocycles. The quantitative estimate of drug-likeness (QED) is 0.586. The van der Waals surface area contributed by atoms with Gasteiger partial charge in [0.1, 0.15) is 6.10 Å². The number of alkyl halides is 1. The topological polar surface area (TPSA) is 29.5 Å². The van der Waals surface area contributed by atoms with E-state index in [0.717, 1.165) is 25.7 Å². The van der Waals surface area contributed by atoms with Gasteiger partial charge in [0.25, 0.3) is 0 Å². The van der Waals surface area contributed by atoms with Crippen LogP contribution in [0.5, 0.6) is 0 Å². The average Bonchev–Trinajstić information content (AvgIpc) is 3.27. The van der Waals surface area contributed by atoms with Gasteiger partial charge >= 0.3 is 5.97 Å². The summed E-state index contributed by atoms with van der Waals surface area (Å²) in [7, 11) is 2.21. The van der Waals surface area contributed by atoms with Crippen molar-refractivity contribution in [3.63, 3.8) is 0 Å². The van der Waals surface area contributed by atoms with E-state index in [2.05, 4.69) is 11.9 Å². The largest absolute Gasteiger partial charge is 0.462 e. The maximum atomic E-state index is 12.8. The minimum Gasteiger partial charge on any atom is -0.462 e. The second-order valence-electron chi connectivity index (χ2n) is 8.04. The van der Waals surface area contributed by atoms with E-state index < -0.39 is 0 Å². The third-order valence-electron chi connectivity index (χ3n) is 6.70. The Bertz CT molecular complexity index is 431. The van der Waals surface area contributed by atoms with Crippen LogP contribution in [0.3, 0.4) is 0 Å². The Morgan fingerprint density at radius 1 is 1.05 bits per heavy atom. The van der Waals surface area contributed by atoms with Crippen molar-refractivity contribution in [1.29, 1.82) is 0 Å². The molecule has 124 valence electrons. The lowest BCUT2D eigenvalue weighted by Crippen LogP contribution is -2.52. The Hall–Kier alpha value is -0.280. The molecule has 22 heavy (non-hydrogen) atoms. The highest BCUT2D eigenvalue weighted by Gasteiger charge is 2.52. The molecule has 0 spiro atoms. The predicted octanol–water partition coefficient (Wildman–Crippen LogP) is 3.59. The molecular weight excluding hydrogens is 298 g/mol. The fraction of sp³-hybridized carbons (Fsp3) is 0.944. The predicted molar refractivity (Wildman–Crippen MR) is 86.9 cm³/mol. The molecule has 4 fully saturated rings. The second-order valence-corrected chi connectivity index (χ2v) is 8.65. The number of halogens is 1. The minimum atomic E-state index is 0.109. The van der Waals surface area contributed by atoms with E-state index in [0.29, 0.717) is 29.3 Å². The maximum absolute atomic E-state index is 12.8. The standard InChI is InChI=1S/C18H28ClNO2/c1-20-13-6-9-16(20)17(18(21)22-14-7-8-14)15(10-13)11-2-4-12(19)5-3-11/h11-17H,2-10H2,1H3/t11?,12?,13-,15-,16?,17?/m1/s1. The molecule has 2 saturated heterocycles. The van der Waals surface area contributed by atoms with E-state index in [1.54, 1.807) is 0 Å². The van der Waals surface area contributed by atoms with E-state index in [-0.39, 0.29) is 18.0 Å². The van der Waals surface area contributed by atoms with Crippen molar-refractivity contribution in [3.05, 3.63) is 0 Å². The monoisotopic (exact) mass is 325 g/mol. The minimum absolute atomic E-state index is 0.109. The maximum Gasteiger partial charge on any atom is 0.311 e. The Labute approximate surface area is 138 Å². The van der Waals surface area contributed by atoms with Gasteiger partial charge in [-0.2, -0.15) is 0 Å². The van der Waals surface area contributed by atoms with Crippen LogP contribution in [0.1, 0.15) is 57.8 Å². The van der Waals surface area contributed by atoms with Crippen LogP contribution in [-0.2, 0) is 9.53 Å². The highest BCUT2D eigenvalue weighted by Crippen LogP contribution is 2.48. The molecule has 4 rings (SSSR count). The summed E-state index contributed by atoms with van der Waals surface area (Å²) < 4.78 is 5.75. The summed E-state index contributed by atoms with van der Waals surface area (Å²) in [5, 5.41) is 0.358. The summed E-state index contributed by atoms with van der Waals surface area (Å²) in [6.07, 6.45) is 10.7. The molecule has 0 amide bonds. The van der Waals surface area contributed by atoms with E-state index in [1.807, 2.05) is 0 Å². The molecule has 2 heterocycles. The lowest BCUT2D eigenvalue weighted by atomic mass is 9.68. The first-order valence-electron chi connectivity index (χ1n) is 9.20. The lowest BCUT2D eigenvalue weighted by molar-refractivity contribution is -0.158. The van der Waals surface area contributed by atoms with Crippen LogP contribution < -0.4 is 0 Å². The molecule has 0 N–H and O–H groups in total. The summed E-state index contributed by atoms with van der Waals surface area (Å²) in [6.45, 7) is 0. The zero-order chi connectivity index (χ0) is 15.3. The van der Waals surface area contributed by atoms with Gasteiger partial charge in [0, 0.05) is 17.5 Å². The number of carbonyl (C=O) groups excluding carboxylic acids is 1. The fourth-order valence-corrected chi connectivity index (χ4v) is 5.51. The molecule has 2 saturated carbocycles. The number of ether oxygens (including phenoxy) is 1. The first-order valence-corrected chi connectivity index (χ1v) is 9.63. The highest BCUT2D eigenvalue weighted by molar-refractivity contribution is 6.20. The van der Waals surface area contributed by atoms with Gasteiger partial charge in [-0.05, 0) is 76.7 Å². The normalized spacial score (nSPS) is 45.7. The van der Waals surface area contributed by atoms with E-state index in [9.17, 15) is 4.79 Å². The van der Waals surface area contributed by atoms with Crippen LogP contribution >= 0.6 is 11.6 Å². The van der Waals surface area contributed by atoms with Crippen LogP contribution in [0, 0.1) is 17.8 Å². The fourth-order valence-electron chi connectivity index (χ4n) is 5.26. The molecule has 0 aromatic heterocycles. The van der Waals surface area contributed by atoms with Gasteiger partial charge in [-0.15, -0.1) is 11.6 Å².